The average Bonchev–Trinajstić information content (AvgIpc) is 3.29. The zero-order chi connectivity index (χ0) is 22.4. The number of aryl methyl sites for hydroxylation is 3. The van der Waals surface area contributed by atoms with Gasteiger partial charge in [-0.2, -0.15) is 0 Å². The predicted molar refractivity (Wildman–Crippen MR) is 111 cm³/mol. The molecule has 4 aromatic rings. The lowest BCUT2D eigenvalue weighted by atomic mass is 10.0. The first kappa shape index (κ1) is 20.7. The van der Waals surface area contributed by atoms with Crippen molar-refractivity contribution in [3.05, 3.63) is 70.3 Å². The zero-order valence-electron chi connectivity index (χ0n) is 17.8. The summed E-state index contributed by atoms with van der Waals surface area (Å²) in [5.74, 6) is -0.826. The number of hydrogen-bond acceptors (Lipinski definition) is 5. The molecule has 4 rings (SSSR count). The summed E-state index contributed by atoms with van der Waals surface area (Å²) in [5, 5.41) is 4.47. The van der Waals surface area contributed by atoms with E-state index in [-0.39, 0.29) is 11.6 Å². The van der Waals surface area contributed by atoms with E-state index in [9.17, 15) is 13.6 Å². The van der Waals surface area contributed by atoms with E-state index in [2.05, 4.69) is 10.1 Å². The summed E-state index contributed by atoms with van der Waals surface area (Å²) in [7, 11) is 1.61. The van der Waals surface area contributed by atoms with Crippen molar-refractivity contribution in [3.8, 4) is 11.3 Å². The highest BCUT2D eigenvalue weighted by molar-refractivity contribution is 6.07. The second-order valence-corrected chi connectivity index (χ2v) is 7.60. The number of carbonyl (C=O) groups is 1. The lowest BCUT2D eigenvalue weighted by molar-refractivity contribution is 0.0744. The molecule has 0 unspecified atom stereocenters. The molecule has 0 N–H and O–H groups in total. The zero-order valence-corrected chi connectivity index (χ0v) is 17.8. The number of nitrogens with zero attached hydrogens (tertiary/aromatic N) is 3. The first-order chi connectivity index (χ1) is 14.7. The van der Waals surface area contributed by atoms with Gasteiger partial charge in [0.15, 0.2) is 11.6 Å². The Kier molecular flexibility index (Phi) is 5.08. The molecule has 3 heterocycles. The number of carbonyl (C=O) groups excluding carboxylic acids is 1. The van der Waals surface area contributed by atoms with Crippen LogP contribution in [0.25, 0.3) is 22.4 Å². The summed E-state index contributed by atoms with van der Waals surface area (Å²) in [6.07, 6.45) is 0. The summed E-state index contributed by atoms with van der Waals surface area (Å²) in [4.78, 5) is 19.5. The molecule has 0 radical (unpaired) electrons. The maximum Gasteiger partial charge on any atom is 0.259 e. The number of halogens is 2. The molecule has 0 saturated carbocycles. The van der Waals surface area contributed by atoms with Crippen LogP contribution in [0.1, 0.15) is 46.1 Å². The van der Waals surface area contributed by atoms with E-state index in [0.717, 1.165) is 23.5 Å². The minimum absolute atomic E-state index is 0.241. The number of fused-ring (bicyclic) bond motifs is 1. The van der Waals surface area contributed by atoms with Gasteiger partial charge in [-0.05, 0) is 57.5 Å². The van der Waals surface area contributed by atoms with Crippen LogP contribution < -0.4 is 0 Å². The molecule has 1 amide bonds. The minimum atomic E-state index is -0.959. The fraction of sp³-hybridized carbons (Fsp3) is 0.261. The highest BCUT2D eigenvalue weighted by atomic mass is 19.2. The van der Waals surface area contributed by atoms with E-state index in [1.54, 1.807) is 27.0 Å². The van der Waals surface area contributed by atoms with Crippen molar-refractivity contribution in [1.82, 2.24) is 15.0 Å². The lowest BCUT2D eigenvalue weighted by Gasteiger charge is -2.26. The highest BCUT2D eigenvalue weighted by Crippen LogP contribution is 2.32. The van der Waals surface area contributed by atoms with Gasteiger partial charge in [-0.3, -0.25) is 4.79 Å². The van der Waals surface area contributed by atoms with Crippen LogP contribution in [0.3, 0.4) is 0 Å². The fourth-order valence-electron chi connectivity index (χ4n) is 3.65. The summed E-state index contributed by atoms with van der Waals surface area (Å²) < 4.78 is 38.0. The molecule has 160 valence electrons. The second kappa shape index (κ2) is 7.61. The molecule has 0 spiro atoms. The number of aromatic nitrogens is 2. The number of rotatable bonds is 4. The summed E-state index contributed by atoms with van der Waals surface area (Å²) in [6.45, 7) is 7.12. The third-order valence-electron chi connectivity index (χ3n) is 5.49. The van der Waals surface area contributed by atoms with Crippen molar-refractivity contribution in [3.63, 3.8) is 0 Å². The molecule has 0 fully saturated rings. The smallest absolute Gasteiger partial charge is 0.259 e. The van der Waals surface area contributed by atoms with Gasteiger partial charge >= 0.3 is 0 Å². The SMILES string of the molecule is Cc1cc(-c2cc(C(=O)N(C)[C@@H](C)c3ccc(F)c(F)c3)c3c(C)noc3n2)c(C)o1. The molecule has 31 heavy (non-hydrogen) atoms. The van der Waals surface area contributed by atoms with Gasteiger partial charge in [-0.15, -0.1) is 0 Å². The Bertz CT molecular complexity index is 1310. The summed E-state index contributed by atoms with van der Waals surface area (Å²) >= 11 is 0. The van der Waals surface area contributed by atoms with E-state index in [1.807, 2.05) is 19.9 Å². The Morgan fingerprint density at radius 1 is 1.10 bits per heavy atom. The van der Waals surface area contributed by atoms with Crippen LogP contribution >= 0.6 is 0 Å². The van der Waals surface area contributed by atoms with Crippen LogP contribution in [0.4, 0.5) is 8.78 Å². The quantitative estimate of drug-likeness (QED) is 0.431. The van der Waals surface area contributed by atoms with Gasteiger partial charge < -0.3 is 13.8 Å². The van der Waals surface area contributed by atoms with Crippen LogP contribution in [-0.4, -0.2) is 28.0 Å². The van der Waals surface area contributed by atoms with Crippen LogP contribution in [0.5, 0.6) is 0 Å². The average molecular weight is 425 g/mol. The van der Waals surface area contributed by atoms with Crippen LogP contribution in [0.2, 0.25) is 0 Å². The van der Waals surface area contributed by atoms with Gasteiger partial charge in [0.05, 0.1) is 28.4 Å². The second-order valence-electron chi connectivity index (χ2n) is 7.60. The van der Waals surface area contributed by atoms with Gasteiger partial charge in [-0.1, -0.05) is 11.2 Å². The summed E-state index contributed by atoms with van der Waals surface area (Å²) in [5.41, 5.74) is 2.88. The van der Waals surface area contributed by atoms with Crippen LogP contribution in [0.15, 0.2) is 39.3 Å². The highest BCUT2D eigenvalue weighted by Gasteiger charge is 2.26. The standard InChI is InChI=1S/C23H21F2N3O3/c1-11-8-16(14(4)30-11)20-10-17(21-12(2)27-31-22(21)26-20)23(29)28(5)13(3)15-6-7-18(24)19(25)9-15/h6-10,13H,1-5H3/t13-/m0/s1. The monoisotopic (exact) mass is 425 g/mol. The number of furan rings is 1. The Morgan fingerprint density at radius 3 is 2.48 bits per heavy atom. The van der Waals surface area contributed by atoms with Crippen LogP contribution in [-0.2, 0) is 0 Å². The van der Waals surface area contributed by atoms with E-state index in [4.69, 9.17) is 8.94 Å². The maximum atomic E-state index is 13.7. The number of hydrogen-bond donors (Lipinski definition) is 0. The third kappa shape index (κ3) is 3.58. The molecule has 6 nitrogen and oxygen atoms in total. The van der Waals surface area contributed by atoms with Crippen molar-refractivity contribution in [2.24, 2.45) is 0 Å². The molecule has 8 heteroatoms. The van der Waals surface area contributed by atoms with E-state index < -0.39 is 17.7 Å². The summed E-state index contributed by atoms with van der Waals surface area (Å²) in [6, 6.07) is 6.63. The van der Waals surface area contributed by atoms with E-state index in [0.29, 0.717) is 33.7 Å². The van der Waals surface area contributed by atoms with Gasteiger partial charge in [-0.25, -0.2) is 13.8 Å². The lowest BCUT2D eigenvalue weighted by Crippen LogP contribution is -2.30. The fourth-order valence-corrected chi connectivity index (χ4v) is 3.65. The maximum absolute atomic E-state index is 13.7. The molecular weight excluding hydrogens is 404 g/mol. The van der Waals surface area contributed by atoms with Gasteiger partial charge in [0.25, 0.3) is 11.6 Å². The normalized spacial score (nSPS) is 12.4. The van der Waals surface area contributed by atoms with Gasteiger partial charge in [0, 0.05) is 12.6 Å². The van der Waals surface area contributed by atoms with Gasteiger partial charge in [0.2, 0.25) is 0 Å². The van der Waals surface area contributed by atoms with Gasteiger partial charge in [0.1, 0.15) is 11.5 Å². The molecule has 0 bridgehead atoms. The number of benzene rings is 1. The third-order valence-corrected chi connectivity index (χ3v) is 5.49. The topological polar surface area (TPSA) is 72.4 Å². The molecule has 0 aliphatic carbocycles. The van der Waals surface area contributed by atoms with Crippen molar-refractivity contribution >= 4 is 17.0 Å². The number of amides is 1. The molecule has 1 atom stereocenters. The predicted octanol–water partition coefficient (Wildman–Crippen LogP) is 5.52. The first-order valence-corrected chi connectivity index (χ1v) is 9.74. The van der Waals surface area contributed by atoms with Crippen molar-refractivity contribution in [1.29, 1.82) is 0 Å². The minimum Gasteiger partial charge on any atom is -0.466 e. The first-order valence-electron chi connectivity index (χ1n) is 9.74. The molecule has 3 aromatic heterocycles. The van der Waals surface area contributed by atoms with Crippen molar-refractivity contribution < 1.29 is 22.5 Å². The largest absolute Gasteiger partial charge is 0.466 e. The Labute approximate surface area is 177 Å². The van der Waals surface area contributed by atoms with Crippen molar-refractivity contribution in [2.45, 2.75) is 33.7 Å². The van der Waals surface area contributed by atoms with Crippen LogP contribution in [0, 0.1) is 32.4 Å². The molecule has 1 aromatic carbocycles. The van der Waals surface area contributed by atoms with E-state index in [1.165, 1.54) is 11.0 Å². The van der Waals surface area contributed by atoms with Crippen molar-refractivity contribution in [2.75, 3.05) is 7.05 Å². The molecular formula is C23H21F2N3O3. The Hall–Kier alpha value is -3.55. The number of pyridine rings is 1. The Morgan fingerprint density at radius 2 is 1.84 bits per heavy atom. The van der Waals surface area contributed by atoms with E-state index >= 15 is 0 Å². The molecule has 0 saturated heterocycles. The Balaban J connectivity index is 1.80. The molecule has 0 aliphatic rings. The molecule has 0 aliphatic heterocycles.